The topological polar surface area (TPSA) is 130 Å². The molecule has 37 heavy (non-hydrogen) atoms. The lowest BCUT2D eigenvalue weighted by molar-refractivity contribution is 0.592. The van der Waals surface area contributed by atoms with Crippen LogP contribution in [0.2, 0.25) is 0 Å². The Bertz CT molecular complexity index is 1620. The van der Waals surface area contributed by atoms with Crippen LogP contribution in [-0.2, 0) is 23.0 Å². The molecule has 2 heterocycles. The predicted molar refractivity (Wildman–Crippen MR) is 142 cm³/mol. The summed E-state index contributed by atoms with van der Waals surface area (Å²) < 4.78 is 43.1. The normalized spacial score (nSPS) is 12.8. The van der Waals surface area contributed by atoms with Crippen molar-refractivity contribution >= 4 is 26.9 Å². The molecule has 4 rings (SSSR count). The van der Waals surface area contributed by atoms with Gasteiger partial charge in [-0.25, -0.2) is 22.6 Å². The second kappa shape index (κ2) is 10.7. The van der Waals surface area contributed by atoms with Crippen LogP contribution in [0.15, 0.2) is 58.1 Å². The Balaban J connectivity index is 1.81. The van der Waals surface area contributed by atoms with E-state index in [1.807, 2.05) is 6.92 Å². The summed E-state index contributed by atoms with van der Waals surface area (Å²) in [5, 5.41) is -0.597. The molecule has 0 aliphatic rings. The van der Waals surface area contributed by atoms with Crippen LogP contribution in [0.5, 0.6) is 0 Å². The molecule has 11 heteroatoms. The number of nitrogens with one attached hydrogen (secondary N) is 3. The third kappa shape index (κ3) is 5.66. The van der Waals surface area contributed by atoms with Gasteiger partial charge in [0.15, 0.2) is 5.65 Å². The second-order valence-electron chi connectivity index (χ2n) is 9.25. The second-order valence-corrected chi connectivity index (χ2v) is 11.5. The molecule has 0 amide bonds. The maximum atomic E-state index is 14.6. The zero-order valence-electron chi connectivity index (χ0n) is 20.9. The maximum absolute atomic E-state index is 14.6. The number of aromatic nitrogens is 4. The molecule has 0 aliphatic carbocycles. The largest absolute Gasteiger partial charge is 0.336 e. The fraction of sp³-hybridized carbons (Fsp3) is 0.346. The van der Waals surface area contributed by atoms with Gasteiger partial charge in [-0.3, -0.25) is 19.1 Å². The van der Waals surface area contributed by atoms with Gasteiger partial charge in [0.2, 0.25) is 10.0 Å². The quantitative estimate of drug-likeness (QED) is 0.288. The minimum atomic E-state index is -3.52. The number of hydrogen-bond acceptors (Lipinski definition) is 5. The molecular weight excluding hydrogens is 497 g/mol. The molecule has 0 fully saturated rings. The molecule has 1 unspecified atom stereocenters. The van der Waals surface area contributed by atoms with Gasteiger partial charge in [-0.05, 0) is 56.0 Å². The van der Waals surface area contributed by atoms with Crippen LogP contribution >= 0.6 is 0 Å². The number of nitrogens with zero attached hydrogens (tertiary/aromatic N) is 2. The van der Waals surface area contributed by atoms with Crippen molar-refractivity contribution in [1.82, 2.24) is 19.5 Å². The molecule has 0 spiro atoms. The summed E-state index contributed by atoms with van der Waals surface area (Å²) in [5.74, 6) is -0.480. The van der Waals surface area contributed by atoms with Gasteiger partial charge in [0, 0.05) is 18.2 Å². The number of unbranched alkanes of at least 4 members (excludes halogenated alkanes) is 1. The first-order chi connectivity index (χ1) is 17.6. The highest BCUT2D eigenvalue weighted by Gasteiger charge is 2.23. The van der Waals surface area contributed by atoms with Crippen molar-refractivity contribution in [3.63, 3.8) is 0 Å². The van der Waals surface area contributed by atoms with E-state index in [-0.39, 0.29) is 23.4 Å². The highest BCUT2D eigenvalue weighted by atomic mass is 32.2. The minimum absolute atomic E-state index is 0.172. The number of imidazole rings is 1. The van der Waals surface area contributed by atoms with Crippen LogP contribution in [0.4, 0.5) is 10.1 Å². The van der Waals surface area contributed by atoms with E-state index in [9.17, 15) is 22.4 Å². The summed E-state index contributed by atoms with van der Waals surface area (Å²) in [5.41, 5.74) is 0.897. The summed E-state index contributed by atoms with van der Waals surface area (Å²) in [7, 11) is -3.52. The molecule has 9 nitrogen and oxygen atoms in total. The molecule has 0 aliphatic heterocycles. The molecule has 0 saturated carbocycles. The summed E-state index contributed by atoms with van der Waals surface area (Å²) in [6.07, 6.45) is 1.81. The molecule has 2 aromatic heterocycles. The first kappa shape index (κ1) is 26.3. The fourth-order valence-corrected chi connectivity index (χ4v) is 4.77. The summed E-state index contributed by atoms with van der Waals surface area (Å²) in [6, 6.07) is 13.2. The number of H-pyrrole nitrogens is 2. The molecule has 0 bridgehead atoms. The average molecular weight is 528 g/mol. The Morgan fingerprint density at radius 2 is 1.76 bits per heavy atom. The van der Waals surface area contributed by atoms with Gasteiger partial charge in [0.25, 0.3) is 5.56 Å². The Labute approximate surface area is 213 Å². The first-order valence-electron chi connectivity index (χ1n) is 12.2. The number of halogens is 1. The van der Waals surface area contributed by atoms with Crippen LogP contribution in [0.1, 0.15) is 56.5 Å². The van der Waals surface area contributed by atoms with Crippen LogP contribution in [0.25, 0.3) is 11.2 Å². The monoisotopic (exact) mass is 527 g/mol. The van der Waals surface area contributed by atoms with Crippen LogP contribution < -0.4 is 16.0 Å². The van der Waals surface area contributed by atoms with Crippen molar-refractivity contribution in [2.75, 3.05) is 4.72 Å². The zero-order chi connectivity index (χ0) is 26.7. The molecule has 2 aromatic carbocycles. The number of rotatable bonds is 10. The Morgan fingerprint density at radius 1 is 1.05 bits per heavy atom. The molecule has 0 saturated heterocycles. The number of hydrogen-bond donors (Lipinski definition) is 3. The van der Waals surface area contributed by atoms with E-state index >= 15 is 0 Å². The smallest absolute Gasteiger partial charge is 0.330 e. The number of aromatic amines is 2. The van der Waals surface area contributed by atoms with Crippen LogP contribution in [0, 0.1) is 5.82 Å². The number of sulfonamides is 1. The molecule has 3 N–H and O–H groups in total. The van der Waals surface area contributed by atoms with Crippen LogP contribution in [0.3, 0.4) is 0 Å². The number of fused-ring (bicyclic) bond motifs is 1. The van der Waals surface area contributed by atoms with Gasteiger partial charge in [0.1, 0.15) is 17.2 Å². The standard InChI is InChI=1S/C26H30FN5O4S/c1-4-5-14-32-24-22(25(33)30-26(32)34)28-23(29-24)20(15-18-8-6-7-9-21(18)27)17-10-12-19(13-11-17)31-37(35,36)16(2)3/h6-13,16,20,31H,4-5,14-15H2,1-3H3,(H,28,29)(H,30,33,34). The Hall–Kier alpha value is -3.73. The lowest BCUT2D eigenvalue weighted by Crippen LogP contribution is -2.30. The molecular formula is C26H30FN5O4S. The van der Waals surface area contributed by atoms with E-state index in [2.05, 4.69) is 19.7 Å². The third-order valence-electron chi connectivity index (χ3n) is 6.29. The summed E-state index contributed by atoms with van der Waals surface area (Å²) in [6.45, 7) is 5.57. The predicted octanol–water partition coefficient (Wildman–Crippen LogP) is 3.88. The van der Waals surface area contributed by atoms with Gasteiger partial charge in [-0.1, -0.05) is 43.7 Å². The molecule has 0 radical (unpaired) electrons. The molecule has 4 aromatic rings. The van der Waals surface area contributed by atoms with E-state index in [0.29, 0.717) is 23.6 Å². The van der Waals surface area contributed by atoms with Gasteiger partial charge < -0.3 is 4.98 Å². The van der Waals surface area contributed by atoms with Gasteiger partial charge >= 0.3 is 5.69 Å². The number of aryl methyl sites for hydroxylation is 1. The van der Waals surface area contributed by atoms with E-state index in [1.54, 1.807) is 56.3 Å². The van der Waals surface area contributed by atoms with Crippen molar-refractivity contribution in [3.05, 3.63) is 92.1 Å². The van der Waals surface area contributed by atoms with Gasteiger partial charge in [-0.15, -0.1) is 0 Å². The van der Waals surface area contributed by atoms with Crippen molar-refractivity contribution in [2.24, 2.45) is 0 Å². The Morgan fingerprint density at radius 3 is 2.41 bits per heavy atom. The summed E-state index contributed by atoms with van der Waals surface area (Å²) >= 11 is 0. The highest BCUT2D eigenvalue weighted by Crippen LogP contribution is 2.30. The fourth-order valence-electron chi connectivity index (χ4n) is 4.07. The molecule has 1 atom stereocenters. The van der Waals surface area contributed by atoms with Crippen LogP contribution in [-0.4, -0.2) is 33.2 Å². The highest BCUT2D eigenvalue weighted by molar-refractivity contribution is 7.93. The maximum Gasteiger partial charge on any atom is 0.330 e. The summed E-state index contributed by atoms with van der Waals surface area (Å²) in [4.78, 5) is 35.1. The van der Waals surface area contributed by atoms with Crippen molar-refractivity contribution < 1.29 is 12.8 Å². The van der Waals surface area contributed by atoms with Crippen molar-refractivity contribution in [3.8, 4) is 0 Å². The average Bonchev–Trinajstić information content (AvgIpc) is 3.29. The van der Waals surface area contributed by atoms with E-state index in [1.165, 1.54) is 10.6 Å². The number of benzene rings is 2. The van der Waals surface area contributed by atoms with E-state index < -0.39 is 32.4 Å². The van der Waals surface area contributed by atoms with Crippen molar-refractivity contribution in [1.29, 1.82) is 0 Å². The molecule has 196 valence electrons. The Kier molecular flexibility index (Phi) is 7.63. The van der Waals surface area contributed by atoms with Crippen molar-refractivity contribution in [2.45, 2.75) is 57.7 Å². The SMILES string of the molecule is CCCCn1c(=O)[nH]c(=O)c2[nH]c(C(Cc3ccccc3F)c3ccc(NS(=O)(=O)C(C)C)cc3)nc21. The van der Waals surface area contributed by atoms with E-state index in [4.69, 9.17) is 0 Å². The zero-order valence-corrected chi connectivity index (χ0v) is 21.7. The lowest BCUT2D eigenvalue weighted by Gasteiger charge is -2.17. The minimum Gasteiger partial charge on any atom is -0.336 e. The number of anilines is 1. The first-order valence-corrected chi connectivity index (χ1v) is 13.7. The van der Waals surface area contributed by atoms with E-state index in [0.717, 1.165) is 18.4 Å². The third-order valence-corrected chi connectivity index (χ3v) is 8.05. The van der Waals surface area contributed by atoms with Gasteiger partial charge in [0.05, 0.1) is 5.25 Å². The lowest BCUT2D eigenvalue weighted by atomic mass is 9.91. The van der Waals surface area contributed by atoms with Gasteiger partial charge in [-0.2, -0.15) is 0 Å².